The van der Waals surface area contributed by atoms with Crippen molar-refractivity contribution in [1.29, 1.82) is 0 Å². The van der Waals surface area contributed by atoms with Gasteiger partial charge in [0.2, 0.25) is 0 Å². The Labute approximate surface area is 180 Å². The Kier molecular flexibility index (Phi) is 5.89. The highest BCUT2D eigenvalue weighted by Crippen LogP contribution is 2.21. The number of benzene rings is 3. The molecule has 0 fully saturated rings. The molecule has 9 heteroatoms. The number of alkyl halides is 2. The Morgan fingerprint density at radius 1 is 0.938 bits per heavy atom. The van der Waals surface area contributed by atoms with Crippen molar-refractivity contribution in [2.24, 2.45) is 0 Å². The van der Waals surface area contributed by atoms with Crippen LogP contribution in [0.15, 0.2) is 66.7 Å². The number of halogens is 3. The number of hydrogen-bond donors (Lipinski definition) is 3. The molecule has 0 atom stereocenters. The molecular weight excluding hydrogens is 421 g/mol. The maximum Gasteiger partial charge on any atom is 0.295 e. The maximum absolute atomic E-state index is 13.0. The van der Waals surface area contributed by atoms with Crippen LogP contribution >= 0.6 is 0 Å². The van der Waals surface area contributed by atoms with E-state index in [-0.39, 0.29) is 18.4 Å². The van der Waals surface area contributed by atoms with Gasteiger partial charge in [0.25, 0.3) is 18.2 Å². The summed E-state index contributed by atoms with van der Waals surface area (Å²) >= 11 is 0. The predicted octanol–water partition coefficient (Wildman–Crippen LogP) is 4.82. The van der Waals surface area contributed by atoms with Gasteiger partial charge in [0.1, 0.15) is 5.82 Å². The number of anilines is 1. The summed E-state index contributed by atoms with van der Waals surface area (Å²) in [5.41, 5.74) is 2.55. The van der Waals surface area contributed by atoms with Crippen LogP contribution in [0.25, 0.3) is 11.0 Å². The summed E-state index contributed by atoms with van der Waals surface area (Å²) in [6.45, 7) is 0.183. The summed E-state index contributed by atoms with van der Waals surface area (Å²) in [4.78, 5) is 31.0. The lowest BCUT2D eigenvalue weighted by atomic mass is 10.1. The van der Waals surface area contributed by atoms with Crippen LogP contribution in [0.1, 0.15) is 38.5 Å². The first kappa shape index (κ1) is 21.1. The molecule has 1 aromatic heterocycles. The highest BCUT2D eigenvalue weighted by Gasteiger charge is 2.14. The van der Waals surface area contributed by atoms with Gasteiger partial charge in [-0.25, -0.2) is 18.2 Å². The topological polar surface area (TPSA) is 86.9 Å². The fourth-order valence-corrected chi connectivity index (χ4v) is 3.12. The fraction of sp³-hybridized carbons (Fsp3) is 0.0870. The van der Waals surface area contributed by atoms with Crippen LogP contribution in [0.4, 0.5) is 18.9 Å². The zero-order valence-corrected chi connectivity index (χ0v) is 16.5. The minimum absolute atomic E-state index is 0.183. The minimum atomic E-state index is -2.73. The smallest absolute Gasteiger partial charge is 0.295 e. The molecule has 2 amide bonds. The highest BCUT2D eigenvalue weighted by molar-refractivity contribution is 6.04. The van der Waals surface area contributed by atoms with Gasteiger partial charge < -0.3 is 15.6 Å². The molecule has 0 radical (unpaired) electrons. The van der Waals surface area contributed by atoms with Crippen molar-refractivity contribution >= 4 is 28.5 Å². The second kappa shape index (κ2) is 8.93. The zero-order valence-electron chi connectivity index (χ0n) is 16.5. The summed E-state index contributed by atoms with van der Waals surface area (Å²) in [7, 11) is 0. The first-order valence-electron chi connectivity index (χ1n) is 9.61. The van der Waals surface area contributed by atoms with Gasteiger partial charge in [-0.1, -0.05) is 12.1 Å². The molecular formula is C23H17F3N4O2. The number of H-pyrrole nitrogens is 1. The van der Waals surface area contributed by atoms with Crippen LogP contribution in [-0.4, -0.2) is 21.8 Å². The van der Waals surface area contributed by atoms with E-state index in [1.165, 1.54) is 42.5 Å². The van der Waals surface area contributed by atoms with E-state index >= 15 is 0 Å². The third kappa shape index (κ3) is 4.77. The SMILES string of the molecule is O=C(NCc1cccc(NC(=O)c2ccc(F)cc2)c1)c1ccc2nc(C(F)F)[nH]c2c1. The van der Waals surface area contributed by atoms with Crippen LogP contribution in [0.5, 0.6) is 0 Å². The van der Waals surface area contributed by atoms with Gasteiger partial charge in [0.05, 0.1) is 11.0 Å². The Bertz CT molecular complexity index is 1290. The number of nitrogens with one attached hydrogen (secondary N) is 3. The van der Waals surface area contributed by atoms with Gasteiger partial charge >= 0.3 is 0 Å². The van der Waals surface area contributed by atoms with Crippen LogP contribution < -0.4 is 10.6 Å². The summed E-state index contributed by atoms with van der Waals surface area (Å²) < 4.78 is 38.6. The quantitative estimate of drug-likeness (QED) is 0.403. The van der Waals surface area contributed by atoms with E-state index in [0.717, 1.165) is 5.56 Å². The Hall–Kier alpha value is -4.14. The highest BCUT2D eigenvalue weighted by atomic mass is 19.3. The van der Waals surface area contributed by atoms with E-state index in [1.54, 1.807) is 24.3 Å². The van der Waals surface area contributed by atoms with Crippen LogP contribution in [-0.2, 0) is 6.54 Å². The van der Waals surface area contributed by atoms with Crippen molar-refractivity contribution in [2.45, 2.75) is 13.0 Å². The second-order valence-corrected chi connectivity index (χ2v) is 7.00. The molecule has 0 saturated heterocycles. The van der Waals surface area contributed by atoms with E-state index in [9.17, 15) is 22.8 Å². The summed E-state index contributed by atoms with van der Waals surface area (Å²) in [5, 5.41) is 5.47. The molecule has 0 spiro atoms. The number of amides is 2. The number of rotatable bonds is 6. The molecule has 3 N–H and O–H groups in total. The maximum atomic E-state index is 13.0. The molecule has 0 aliphatic heterocycles. The second-order valence-electron chi connectivity index (χ2n) is 7.00. The molecule has 0 aliphatic carbocycles. The summed E-state index contributed by atoms with van der Waals surface area (Å²) in [5.74, 6) is -1.65. The summed E-state index contributed by atoms with van der Waals surface area (Å²) in [6.07, 6.45) is -2.73. The van der Waals surface area contributed by atoms with Crippen LogP contribution in [0.3, 0.4) is 0 Å². The van der Waals surface area contributed by atoms with Crippen molar-refractivity contribution in [2.75, 3.05) is 5.32 Å². The monoisotopic (exact) mass is 438 g/mol. The number of imidazole rings is 1. The first-order chi connectivity index (χ1) is 15.4. The van der Waals surface area contributed by atoms with Crippen LogP contribution in [0, 0.1) is 5.82 Å². The van der Waals surface area contributed by atoms with E-state index in [0.29, 0.717) is 27.8 Å². The Morgan fingerprint density at radius 2 is 1.69 bits per heavy atom. The number of fused-ring (bicyclic) bond motifs is 1. The van der Waals surface area contributed by atoms with Gasteiger partial charge in [-0.05, 0) is 60.2 Å². The number of aromatic nitrogens is 2. The lowest BCUT2D eigenvalue weighted by Crippen LogP contribution is -2.22. The van der Waals surface area contributed by atoms with Crippen molar-refractivity contribution in [3.8, 4) is 0 Å². The predicted molar refractivity (Wildman–Crippen MR) is 113 cm³/mol. The molecule has 0 saturated carbocycles. The first-order valence-corrected chi connectivity index (χ1v) is 9.61. The Morgan fingerprint density at radius 3 is 2.44 bits per heavy atom. The fourth-order valence-electron chi connectivity index (χ4n) is 3.12. The number of carbonyl (C=O) groups excluding carboxylic acids is 2. The summed E-state index contributed by atoms with van der Waals surface area (Å²) in [6, 6.07) is 16.5. The molecule has 6 nitrogen and oxygen atoms in total. The lowest BCUT2D eigenvalue weighted by Gasteiger charge is -2.09. The largest absolute Gasteiger partial charge is 0.348 e. The van der Waals surface area contributed by atoms with Gasteiger partial charge in [-0.2, -0.15) is 0 Å². The van der Waals surface area contributed by atoms with E-state index in [1.807, 2.05) is 0 Å². The minimum Gasteiger partial charge on any atom is -0.348 e. The third-order valence-electron chi connectivity index (χ3n) is 4.71. The third-order valence-corrected chi connectivity index (χ3v) is 4.71. The molecule has 4 aromatic rings. The molecule has 0 bridgehead atoms. The van der Waals surface area contributed by atoms with E-state index in [4.69, 9.17) is 0 Å². The van der Waals surface area contributed by atoms with Crippen molar-refractivity contribution in [3.05, 3.63) is 95.1 Å². The average Bonchev–Trinajstić information content (AvgIpc) is 3.22. The van der Waals surface area contributed by atoms with Crippen molar-refractivity contribution < 1.29 is 22.8 Å². The van der Waals surface area contributed by atoms with Gasteiger partial charge in [0.15, 0.2) is 5.82 Å². The molecule has 0 aliphatic rings. The van der Waals surface area contributed by atoms with E-state index in [2.05, 4.69) is 20.6 Å². The molecule has 162 valence electrons. The van der Waals surface area contributed by atoms with Crippen molar-refractivity contribution in [1.82, 2.24) is 15.3 Å². The van der Waals surface area contributed by atoms with Gasteiger partial charge in [-0.3, -0.25) is 9.59 Å². The van der Waals surface area contributed by atoms with Crippen LogP contribution in [0.2, 0.25) is 0 Å². The number of nitrogens with zero attached hydrogens (tertiary/aromatic N) is 1. The van der Waals surface area contributed by atoms with Gasteiger partial charge in [-0.15, -0.1) is 0 Å². The molecule has 32 heavy (non-hydrogen) atoms. The molecule has 4 rings (SSSR count). The molecule has 3 aromatic carbocycles. The lowest BCUT2D eigenvalue weighted by molar-refractivity contribution is 0.0950. The molecule has 0 unspecified atom stereocenters. The number of aromatic amines is 1. The van der Waals surface area contributed by atoms with Gasteiger partial charge in [0, 0.05) is 23.4 Å². The van der Waals surface area contributed by atoms with Crippen molar-refractivity contribution in [3.63, 3.8) is 0 Å². The normalized spacial score (nSPS) is 11.0. The van der Waals surface area contributed by atoms with E-state index < -0.39 is 18.1 Å². The standard InChI is InChI=1S/C23H17F3N4O2/c24-16-7-4-14(5-8-16)23(32)28-17-3-1-2-13(10-17)12-27-22(31)15-6-9-18-19(11-15)30-21(29-18)20(25)26/h1-11,20H,12H2,(H,27,31)(H,28,32)(H,29,30). The molecule has 1 heterocycles. The average molecular weight is 438 g/mol. The zero-order chi connectivity index (χ0) is 22.7. The number of carbonyl (C=O) groups is 2. The Balaban J connectivity index is 1.40. The number of hydrogen-bond acceptors (Lipinski definition) is 3.